The lowest BCUT2D eigenvalue weighted by Gasteiger charge is -2.34. The number of amides is 1. The van der Waals surface area contributed by atoms with Gasteiger partial charge in [0.2, 0.25) is 26.0 Å². The van der Waals surface area contributed by atoms with E-state index in [1.54, 1.807) is 0 Å². The van der Waals surface area contributed by atoms with Gasteiger partial charge in [0.15, 0.2) is 0 Å². The fraction of sp³-hybridized carbons (Fsp3) is 0.316. The number of nitrogens with zero attached hydrogens (tertiary/aromatic N) is 2. The van der Waals surface area contributed by atoms with E-state index < -0.39 is 25.9 Å². The molecule has 168 valence electrons. The summed E-state index contributed by atoms with van der Waals surface area (Å²) in [6.45, 7) is 0.560. The van der Waals surface area contributed by atoms with Gasteiger partial charge in [0.05, 0.1) is 9.79 Å². The van der Waals surface area contributed by atoms with Crippen LogP contribution >= 0.6 is 11.6 Å². The lowest BCUT2D eigenvalue weighted by Crippen LogP contribution is -2.50. The molecule has 8 nitrogen and oxygen atoms in total. The van der Waals surface area contributed by atoms with Crippen molar-refractivity contribution in [3.8, 4) is 0 Å². The van der Waals surface area contributed by atoms with Crippen LogP contribution in [0.1, 0.15) is 6.42 Å². The molecule has 1 N–H and O–H groups in total. The van der Waals surface area contributed by atoms with Gasteiger partial charge in [-0.25, -0.2) is 25.9 Å². The number of nitrogens with one attached hydrogen (secondary N) is 1. The first kappa shape index (κ1) is 23.6. The molecule has 2 aromatic rings. The normalized spacial score (nSPS) is 15.7. The Hall–Kier alpha value is -2.05. The lowest BCUT2D eigenvalue weighted by molar-refractivity contribution is -0.132. The second-order valence-corrected chi connectivity index (χ2v) is 11.0. The zero-order chi connectivity index (χ0) is 22.6. The molecular formula is C19H21ClFN3O5S2. The number of carbonyl (C=O) groups excluding carboxylic acids is 1. The van der Waals surface area contributed by atoms with Gasteiger partial charge >= 0.3 is 0 Å². The van der Waals surface area contributed by atoms with E-state index in [9.17, 15) is 26.0 Å². The maximum absolute atomic E-state index is 12.9. The molecule has 1 saturated heterocycles. The third kappa shape index (κ3) is 5.80. The maximum atomic E-state index is 12.9. The fourth-order valence-electron chi connectivity index (χ4n) is 3.08. The van der Waals surface area contributed by atoms with E-state index in [2.05, 4.69) is 4.72 Å². The first-order valence-electron chi connectivity index (χ1n) is 9.38. The Morgan fingerprint density at radius 1 is 0.903 bits per heavy atom. The fourth-order valence-corrected chi connectivity index (χ4v) is 5.66. The Balaban J connectivity index is 1.50. The quantitative estimate of drug-likeness (QED) is 0.637. The van der Waals surface area contributed by atoms with Gasteiger partial charge in [-0.15, -0.1) is 0 Å². The first-order valence-corrected chi connectivity index (χ1v) is 12.7. The van der Waals surface area contributed by atoms with Crippen molar-refractivity contribution in [1.82, 2.24) is 13.9 Å². The molecule has 1 aliphatic heterocycles. The van der Waals surface area contributed by atoms with Crippen molar-refractivity contribution in [2.24, 2.45) is 0 Å². The molecule has 3 rings (SSSR count). The Bertz CT molecular complexity index is 1130. The molecule has 0 radical (unpaired) electrons. The number of piperazine rings is 1. The SMILES string of the molecule is O=C(CCNS(=O)(=O)c1ccc(F)cc1)N1CCN(S(=O)(=O)c2ccc(Cl)cc2)CC1. The zero-order valence-electron chi connectivity index (χ0n) is 16.4. The monoisotopic (exact) mass is 489 g/mol. The van der Waals surface area contributed by atoms with E-state index >= 15 is 0 Å². The van der Waals surface area contributed by atoms with Crippen LogP contribution in [0.5, 0.6) is 0 Å². The van der Waals surface area contributed by atoms with E-state index in [4.69, 9.17) is 11.6 Å². The molecule has 0 bridgehead atoms. The first-order chi connectivity index (χ1) is 14.6. The van der Waals surface area contributed by atoms with Gasteiger partial charge in [-0.05, 0) is 48.5 Å². The molecule has 0 unspecified atom stereocenters. The second-order valence-electron chi connectivity index (χ2n) is 6.84. The molecule has 1 fully saturated rings. The summed E-state index contributed by atoms with van der Waals surface area (Å²) in [4.78, 5) is 13.9. The minimum absolute atomic E-state index is 0.0790. The topological polar surface area (TPSA) is 104 Å². The summed E-state index contributed by atoms with van der Waals surface area (Å²) in [7, 11) is -7.53. The van der Waals surface area contributed by atoms with Crippen molar-refractivity contribution in [3.63, 3.8) is 0 Å². The van der Waals surface area contributed by atoms with Crippen molar-refractivity contribution in [2.45, 2.75) is 16.2 Å². The van der Waals surface area contributed by atoms with E-state index in [1.165, 1.54) is 33.5 Å². The Labute approximate surface area is 185 Å². The molecule has 2 aromatic carbocycles. The number of carbonyl (C=O) groups is 1. The molecule has 1 amide bonds. The largest absolute Gasteiger partial charge is 0.340 e. The molecule has 0 spiro atoms. The third-order valence-corrected chi connectivity index (χ3v) is 8.44. The van der Waals surface area contributed by atoms with Crippen molar-refractivity contribution >= 4 is 37.6 Å². The van der Waals surface area contributed by atoms with Gasteiger partial charge in [0, 0.05) is 44.2 Å². The summed E-state index contributed by atoms with van der Waals surface area (Å²) in [5, 5.41) is 0.435. The smallest absolute Gasteiger partial charge is 0.243 e. The molecule has 0 aromatic heterocycles. The average molecular weight is 490 g/mol. The number of sulfonamides is 2. The molecule has 0 atom stereocenters. The van der Waals surface area contributed by atoms with E-state index in [0.717, 1.165) is 24.3 Å². The van der Waals surface area contributed by atoms with Gasteiger partial charge in [-0.1, -0.05) is 11.6 Å². The average Bonchev–Trinajstić information content (AvgIpc) is 2.74. The van der Waals surface area contributed by atoms with Crippen LogP contribution in [0, 0.1) is 5.82 Å². The van der Waals surface area contributed by atoms with Crippen LogP contribution in [0.3, 0.4) is 0 Å². The summed E-state index contributed by atoms with van der Waals surface area (Å²) in [6, 6.07) is 10.2. The zero-order valence-corrected chi connectivity index (χ0v) is 18.8. The van der Waals surface area contributed by atoms with Crippen LogP contribution in [-0.4, -0.2) is 64.7 Å². The van der Waals surface area contributed by atoms with Crippen LogP contribution in [0.15, 0.2) is 58.3 Å². The summed E-state index contributed by atoms with van der Waals surface area (Å²) >= 11 is 5.80. The summed E-state index contributed by atoms with van der Waals surface area (Å²) in [5.41, 5.74) is 0. The summed E-state index contributed by atoms with van der Waals surface area (Å²) in [5.74, 6) is -0.836. The lowest BCUT2D eigenvalue weighted by atomic mass is 10.3. The maximum Gasteiger partial charge on any atom is 0.243 e. The number of hydrogen-bond donors (Lipinski definition) is 1. The molecule has 1 heterocycles. The number of rotatable bonds is 7. The molecule has 0 saturated carbocycles. The van der Waals surface area contributed by atoms with Crippen molar-refractivity contribution in [2.75, 3.05) is 32.7 Å². The highest BCUT2D eigenvalue weighted by atomic mass is 35.5. The highest BCUT2D eigenvalue weighted by Crippen LogP contribution is 2.20. The number of halogens is 2. The summed E-state index contributed by atoms with van der Waals surface area (Å²) < 4.78 is 66.3. The van der Waals surface area contributed by atoms with Crippen LogP contribution in [0.4, 0.5) is 4.39 Å². The predicted octanol–water partition coefficient (Wildman–Crippen LogP) is 1.68. The highest BCUT2D eigenvalue weighted by molar-refractivity contribution is 7.89. The summed E-state index contributed by atoms with van der Waals surface area (Å²) in [6.07, 6.45) is -0.0790. The molecule has 12 heteroatoms. The minimum Gasteiger partial charge on any atom is -0.340 e. The van der Waals surface area contributed by atoms with Gasteiger partial charge in [0.25, 0.3) is 0 Å². The van der Waals surface area contributed by atoms with Crippen LogP contribution in [0.25, 0.3) is 0 Å². The Morgan fingerprint density at radius 3 is 2.03 bits per heavy atom. The van der Waals surface area contributed by atoms with Crippen LogP contribution < -0.4 is 4.72 Å². The number of benzene rings is 2. The van der Waals surface area contributed by atoms with Gasteiger partial charge < -0.3 is 4.90 Å². The van der Waals surface area contributed by atoms with Gasteiger partial charge in [-0.3, -0.25) is 4.79 Å². The number of hydrogen-bond acceptors (Lipinski definition) is 5. The molecule has 1 aliphatic rings. The van der Waals surface area contributed by atoms with Crippen molar-refractivity contribution < 1.29 is 26.0 Å². The van der Waals surface area contributed by atoms with E-state index in [0.29, 0.717) is 5.02 Å². The van der Waals surface area contributed by atoms with E-state index in [1.807, 2.05) is 0 Å². The Morgan fingerprint density at radius 2 is 1.45 bits per heavy atom. The standard InChI is InChI=1S/C19H21ClFN3O5S2/c20-15-1-5-18(6-2-15)31(28,29)24-13-11-23(12-14-24)19(25)9-10-22-30(26,27)17-7-3-16(21)4-8-17/h1-8,22H,9-14H2. The second kappa shape index (κ2) is 9.61. The van der Waals surface area contributed by atoms with Crippen molar-refractivity contribution in [3.05, 3.63) is 59.4 Å². The Kier molecular flexibility index (Phi) is 7.32. The molecular weight excluding hydrogens is 469 g/mol. The van der Waals surface area contributed by atoms with Gasteiger partial charge in [-0.2, -0.15) is 4.31 Å². The van der Waals surface area contributed by atoms with Crippen molar-refractivity contribution in [1.29, 1.82) is 0 Å². The predicted molar refractivity (Wildman–Crippen MR) is 113 cm³/mol. The molecule has 31 heavy (non-hydrogen) atoms. The minimum atomic E-state index is -3.85. The van der Waals surface area contributed by atoms with Crippen LogP contribution in [0.2, 0.25) is 5.02 Å². The highest BCUT2D eigenvalue weighted by Gasteiger charge is 2.30. The van der Waals surface area contributed by atoms with Crippen LogP contribution in [-0.2, 0) is 24.8 Å². The van der Waals surface area contributed by atoms with Gasteiger partial charge in [0.1, 0.15) is 5.82 Å². The molecule has 0 aliphatic carbocycles. The third-order valence-electron chi connectivity index (χ3n) is 4.80. The van der Waals surface area contributed by atoms with E-state index in [-0.39, 0.29) is 54.8 Å².